The third-order valence-electron chi connectivity index (χ3n) is 3.39. The highest BCUT2D eigenvalue weighted by atomic mass is 19.1. The fraction of sp³-hybridized carbons (Fsp3) is 0.667. The van der Waals surface area contributed by atoms with Crippen LogP contribution in [0.5, 0.6) is 0 Å². The van der Waals surface area contributed by atoms with Gasteiger partial charge in [0.15, 0.2) is 11.6 Å². The summed E-state index contributed by atoms with van der Waals surface area (Å²) in [5, 5.41) is 3.09. The van der Waals surface area contributed by atoms with Gasteiger partial charge in [0.1, 0.15) is 6.33 Å². The minimum atomic E-state index is -0.342. The predicted octanol–water partition coefficient (Wildman–Crippen LogP) is 1.82. The largest absolute Gasteiger partial charge is 0.366 e. The third-order valence-corrected chi connectivity index (χ3v) is 3.39. The van der Waals surface area contributed by atoms with Crippen LogP contribution in [-0.4, -0.2) is 41.0 Å². The Morgan fingerprint density at radius 1 is 1.47 bits per heavy atom. The molecule has 0 saturated carbocycles. The Morgan fingerprint density at radius 3 is 3.06 bits per heavy atom. The van der Waals surface area contributed by atoms with Gasteiger partial charge in [-0.05, 0) is 33.4 Å². The van der Waals surface area contributed by atoms with E-state index in [1.165, 1.54) is 19.2 Å². The molecule has 1 aliphatic heterocycles. The SMILES string of the molecule is Cc1ncnc(NCC2CCCCN2C)c1F. The summed E-state index contributed by atoms with van der Waals surface area (Å²) in [6.07, 6.45) is 5.07. The van der Waals surface area contributed by atoms with Gasteiger partial charge in [-0.3, -0.25) is 0 Å². The lowest BCUT2D eigenvalue weighted by atomic mass is 10.0. The molecule has 94 valence electrons. The van der Waals surface area contributed by atoms with Crippen molar-refractivity contribution in [1.29, 1.82) is 0 Å². The number of likely N-dealkylation sites (tertiary alicyclic amines) is 1. The number of hydrogen-bond donors (Lipinski definition) is 1. The van der Waals surface area contributed by atoms with E-state index in [0.29, 0.717) is 17.6 Å². The molecule has 0 aromatic carbocycles. The second-order valence-corrected chi connectivity index (χ2v) is 4.63. The number of nitrogens with zero attached hydrogens (tertiary/aromatic N) is 3. The van der Waals surface area contributed by atoms with Crippen LogP contribution in [0.2, 0.25) is 0 Å². The first-order valence-corrected chi connectivity index (χ1v) is 6.09. The van der Waals surface area contributed by atoms with Gasteiger partial charge in [-0.2, -0.15) is 0 Å². The molecule has 4 nitrogen and oxygen atoms in total. The molecule has 1 aliphatic rings. The first-order valence-electron chi connectivity index (χ1n) is 6.09. The van der Waals surface area contributed by atoms with Crippen LogP contribution in [0, 0.1) is 12.7 Å². The van der Waals surface area contributed by atoms with Crippen LogP contribution in [0.15, 0.2) is 6.33 Å². The summed E-state index contributed by atoms with van der Waals surface area (Å²) in [4.78, 5) is 10.1. The molecule has 1 fully saturated rings. The fourth-order valence-corrected chi connectivity index (χ4v) is 2.20. The van der Waals surface area contributed by atoms with E-state index in [4.69, 9.17) is 0 Å². The van der Waals surface area contributed by atoms with Gasteiger partial charge in [-0.1, -0.05) is 6.42 Å². The van der Waals surface area contributed by atoms with Crippen LogP contribution < -0.4 is 5.32 Å². The van der Waals surface area contributed by atoms with Crippen LogP contribution in [-0.2, 0) is 0 Å². The molecular formula is C12H19FN4. The summed E-state index contributed by atoms with van der Waals surface area (Å²) in [6.45, 7) is 3.51. The molecule has 0 spiro atoms. The van der Waals surface area contributed by atoms with Crippen molar-refractivity contribution in [2.24, 2.45) is 0 Å². The van der Waals surface area contributed by atoms with E-state index in [9.17, 15) is 4.39 Å². The minimum absolute atomic E-state index is 0.316. The Bertz CT molecular complexity index is 383. The van der Waals surface area contributed by atoms with Crippen LogP contribution in [0.1, 0.15) is 25.0 Å². The Labute approximate surface area is 101 Å². The molecule has 1 aromatic heterocycles. The first kappa shape index (κ1) is 12.2. The molecule has 0 aliphatic carbocycles. The minimum Gasteiger partial charge on any atom is -0.366 e. The van der Waals surface area contributed by atoms with Crippen LogP contribution in [0.25, 0.3) is 0 Å². The number of aryl methyl sites for hydroxylation is 1. The van der Waals surface area contributed by atoms with Crippen molar-refractivity contribution in [3.63, 3.8) is 0 Å². The number of anilines is 1. The van der Waals surface area contributed by atoms with Gasteiger partial charge in [0.25, 0.3) is 0 Å². The number of halogens is 1. The predicted molar refractivity (Wildman–Crippen MR) is 65.5 cm³/mol. The Morgan fingerprint density at radius 2 is 2.29 bits per heavy atom. The van der Waals surface area contributed by atoms with Gasteiger partial charge >= 0.3 is 0 Å². The fourth-order valence-electron chi connectivity index (χ4n) is 2.20. The van der Waals surface area contributed by atoms with Crippen molar-refractivity contribution in [3.05, 3.63) is 17.8 Å². The van der Waals surface area contributed by atoms with E-state index in [1.807, 2.05) is 0 Å². The molecule has 1 atom stereocenters. The number of likely N-dealkylation sites (N-methyl/N-ethyl adjacent to an activating group) is 1. The molecule has 1 aromatic rings. The molecule has 0 radical (unpaired) electrons. The summed E-state index contributed by atoms with van der Waals surface area (Å²) in [5.41, 5.74) is 0.388. The normalized spacial score (nSPS) is 21.5. The van der Waals surface area contributed by atoms with Gasteiger partial charge in [0, 0.05) is 12.6 Å². The molecule has 5 heteroatoms. The standard InChI is InChI=1S/C12H19FN4/c1-9-11(13)12(16-8-15-9)14-7-10-5-3-4-6-17(10)2/h8,10H,3-7H2,1-2H3,(H,14,15,16). The molecule has 1 saturated heterocycles. The second-order valence-electron chi connectivity index (χ2n) is 4.63. The lowest BCUT2D eigenvalue weighted by Gasteiger charge is -2.32. The molecule has 0 amide bonds. The highest BCUT2D eigenvalue weighted by molar-refractivity contribution is 5.36. The maximum atomic E-state index is 13.7. The molecule has 17 heavy (non-hydrogen) atoms. The van der Waals surface area contributed by atoms with Crippen LogP contribution in [0.4, 0.5) is 10.2 Å². The van der Waals surface area contributed by atoms with Crippen LogP contribution >= 0.6 is 0 Å². The zero-order valence-electron chi connectivity index (χ0n) is 10.4. The zero-order valence-corrected chi connectivity index (χ0v) is 10.4. The highest BCUT2D eigenvalue weighted by Crippen LogP contribution is 2.17. The molecule has 2 heterocycles. The van der Waals surface area contributed by atoms with Gasteiger partial charge < -0.3 is 10.2 Å². The van der Waals surface area contributed by atoms with E-state index >= 15 is 0 Å². The summed E-state index contributed by atoms with van der Waals surface area (Å²) in [6, 6.07) is 0.471. The lowest BCUT2D eigenvalue weighted by molar-refractivity contribution is 0.194. The quantitative estimate of drug-likeness (QED) is 0.872. The summed E-state index contributed by atoms with van der Waals surface area (Å²) >= 11 is 0. The number of hydrogen-bond acceptors (Lipinski definition) is 4. The summed E-state index contributed by atoms with van der Waals surface area (Å²) in [7, 11) is 2.12. The van der Waals surface area contributed by atoms with Crippen molar-refractivity contribution in [2.75, 3.05) is 25.5 Å². The third kappa shape index (κ3) is 2.91. The maximum Gasteiger partial charge on any atom is 0.186 e. The average Bonchev–Trinajstić information content (AvgIpc) is 2.33. The summed E-state index contributed by atoms with van der Waals surface area (Å²) in [5.74, 6) is -0.0255. The molecular weight excluding hydrogens is 219 g/mol. The van der Waals surface area contributed by atoms with Gasteiger partial charge in [-0.15, -0.1) is 0 Å². The summed E-state index contributed by atoms with van der Waals surface area (Å²) < 4.78 is 13.7. The van der Waals surface area contributed by atoms with Crippen molar-refractivity contribution < 1.29 is 4.39 Å². The number of rotatable bonds is 3. The topological polar surface area (TPSA) is 41.1 Å². The molecule has 0 bridgehead atoms. The van der Waals surface area contributed by atoms with Gasteiger partial charge in [-0.25, -0.2) is 14.4 Å². The van der Waals surface area contributed by atoms with Crippen molar-refractivity contribution in [2.45, 2.75) is 32.2 Å². The number of aromatic nitrogens is 2. The van der Waals surface area contributed by atoms with Gasteiger partial charge in [0.2, 0.25) is 0 Å². The zero-order chi connectivity index (χ0) is 12.3. The second kappa shape index (κ2) is 5.40. The smallest absolute Gasteiger partial charge is 0.186 e. The Balaban J connectivity index is 1.95. The van der Waals surface area contributed by atoms with Crippen molar-refractivity contribution >= 4 is 5.82 Å². The maximum absolute atomic E-state index is 13.7. The van der Waals surface area contributed by atoms with E-state index in [0.717, 1.165) is 19.5 Å². The van der Waals surface area contributed by atoms with Crippen LogP contribution in [0.3, 0.4) is 0 Å². The van der Waals surface area contributed by atoms with E-state index < -0.39 is 0 Å². The number of nitrogens with one attached hydrogen (secondary N) is 1. The van der Waals surface area contributed by atoms with E-state index in [2.05, 4.69) is 27.2 Å². The average molecular weight is 238 g/mol. The Kier molecular flexibility index (Phi) is 3.89. The highest BCUT2D eigenvalue weighted by Gasteiger charge is 2.19. The Hall–Kier alpha value is -1.23. The van der Waals surface area contributed by atoms with E-state index in [-0.39, 0.29) is 5.82 Å². The van der Waals surface area contributed by atoms with Gasteiger partial charge in [0.05, 0.1) is 5.69 Å². The van der Waals surface area contributed by atoms with E-state index in [1.54, 1.807) is 6.92 Å². The molecule has 1 N–H and O–H groups in total. The van der Waals surface area contributed by atoms with Crippen molar-refractivity contribution in [1.82, 2.24) is 14.9 Å². The number of piperidine rings is 1. The van der Waals surface area contributed by atoms with Crippen molar-refractivity contribution in [3.8, 4) is 0 Å². The first-order chi connectivity index (χ1) is 8.18. The monoisotopic (exact) mass is 238 g/mol. The molecule has 2 rings (SSSR count). The lowest BCUT2D eigenvalue weighted by Crippen LogP contribution is -2.41. The molecule has 1 unspecified atom stereocenters.